The van der Waals surface area contributed by atoms with E-state index in [4.69, 9.17) is 4.74 Å². The van der Waals surface area contributed by atoms with Crippen molar-refractivity contribution in [2.75, 3.05) is 13.2 Å². The number of hydrogen-bond donors (Lipinski definition) is 1. The van der Waals surface area contributed by atoms with E-state index >= 15 is 0 Å². The van der Waals surface area contributed by atoms with Crippen LogP contribution in [-0.4, -0.2) is 24.8 Å². The Hall–Kier alpha value is -0.450. The minimum atomic E-state index is -0.203. The Morgan fingerprint density at radius 2 is 2.05 bits per heavy atom. The third-order valence-electron chi connectivity index (χ3n) is 4.41. The number of ether oxygens (including phenoxy) is 1. The van der Waals surface area contributed by atoms with Gasteiger partial charge in [-0.25, -0.2) is 4.39 Å². The van der Waals surface area contributed by atoms with Crippen molar-refractivity contribution < 1.29 is 9.13 Å². The largest absolute Gasteiger partial charge is 0.374 e. The van der Waals surface area contributed by atoms with E-state index in [-0.39, 0.29) is 17.5 Å². The van der Waals surface area contributed by atoms with Crippen molar-refractivity contribution in [3.8, 4) is 0 Å². The van der Waals surface area contributed by atoms with Gasteiger partial charge < -0.3 is 10.1 Å². The molecule has 1 atom stereocenters. The van der Waals surface area contributed by atoms with Gasteiger partial charge in [0.05, 0.1) is 5.60 Å². The molecule has 0 spiro atoms. The second kappa shape index (κ2) is 7.70. The maximum atomic E-state index is 13.3. The summed E-state index contributed by atoms with van der Waals surface area (Å²) in [6.45, 7) is 5.85. The first-order chi connectivity index (χ1) is 10.1. The summed E-state index contributed by atoms with van der Waals surface area (Å²) in [5.41, 5.74) is 1.06. The highest BCUT2D eigenvalue weighted by Gasteiger charge is 2.41. The minimum absolute atomic E-state index is 0.0708. The maximum absolute atomic E-state index is 13.3. The van der Waals surface area contributed by atoms with Gasteiger partial charge in [-0.1, -0.05) is 41.8 Å². The number of likely N-dealkylation sites (N-methyl/N-ethyl adjacent to an activating group) is 1. The van der Waals surface area contributed by atoms with Gasteiger partial charge in [-0.2, -0.15) is 0 Å². The fourth-order valence-electron chi connectivity index (χ4n) is 3.45. The first-order valence-electron chi connectivity index (χ1n) is 7.92. The van der Waals surface area contributed by atoms with Crippen LogP contribution in [0, 0.1) is 5.82 Å². The van der Waals surface area contributed by atoms with Gasteiger partial charge in [-0.15, -0.1) is 0 Å². The van der Waals surface area contributed by atoms with Crippen molar-refractivity contribution in [3.63, 3.8) is 0 Å². The molecule has 0 aromatic heterocycles. The van der Waals surface area contributed by atoms with Crippen LogP contribution in [0.15, 0.2) is 22.7 Å². The molecule has 0 bridgehead atoms. The third kappa shape index (κ3) is 4.05. The molecule has 1 unspecified atom stereocenters. The Balaban J connectivity index is 2.21. The highest BCUT2D eigenvalue weighted by atomic mass is 79.9. The van der Waals surface area contributed by atoms with Crippen LogP contribution in [0.2, 0.25) is 0 Å². The fourth-order valence-corrected chi connectivity index (χ4v) is 3.96. The standard InChI is InChI=1S/C17H25BrFNO/c1-3-20-16(17(21-4-2)9-5-6-10-17)11-13-7-8-14(19)12-15(13)18/h7-8,12,16,20H,3-6,9-11H2,1-2H3. The van der Waals surface area contributed by atoms with Gasteiger partial charge in [0.2, 0.25) is 0 Å². The number of halogens is 2. The Kier molecular flexibility index (Phi) is 6.20. The monoisotopic (exact) mass is 357 g/mol. The summed E-state index contributed by atoms with van der Waals surface area (Å²) in [5.74, 6) is -0.203. The smallest absolute Gasteiger partial charge is 0.124 e. The summed E-state index contributed by atoms with van der Waals surface area (Å²) < 4.78 is 20.3. The van der Waals surface area contributed by atoms with Crippen molar-refractivity contribution in [1.82, 2.24) is 5.32 Å². The van der Waals surface area contributed by atoms with Crippen LogP contribution in [0.4, 0.5) is 4.39 Å². The zero-order valence-corrected chi connectivity index (χ0v) is 14.5. The van der Waals surface area contributed by atoms with E-state index in [1.165, 1.54) is 18.9 Å². The third-order valence-corrected chi connectivity index (χ3v) is 5.14. The summed E-state index contributed by atoms with van der Waals surface area (Å²) in [4.78, 5) is 0. The number of hydrogen-bond acceptors (Lipinski definition) is 2. The lowest BCUT2D eigenvalue weighted by Gasteiger charge is -2.38. The molecule has 0 aliphatic heterocycles. The van der Waals surface area contributed by atoms with Gasteiger partial charge in [0.25, 0.3) is 0 Å². The highest BCUT2D eigenvalue weighted by Crippen LogP contribution is 2.38. The lowest BCUT2D eigenvalue weighted by Crippen LogP contribution is -2.52. The highest BCUT2D eigenvalue weighted by molar-refractivity contribution is 9.10. The summed E-state index contributed by atoms with van der Waals surface area (Å²) in [5, 5.41) is 3.60. The van der Waals surface area contributed by atoms with Crippen molar-refractivity contribution in [1.29, 1.82) is 0 Å². The molecule has 1 saturated carbocycles. The molecule has 1 aliphatic carbocycles. The van der Waals surface area contributed by atoms with Crippen molar-refractivity contribution in [3.05, 3.63) is 34.1 Å². The first-order valence-corrected chi connectivity index (χ1v) is 8.72. The Morgan fingerprint density at radius 1 is 1.33 bits per heavy atom. The second-order valence-electron chi connectivity index (χ2n) is 5.76. The van der Waals surface area contributed by atoms with Crippen LogP contribution in [0.5, 0.6) is 0 Å². The summed E-state index contributed by atoms with van der Waals surface area (Å²) in [7, 11) is 0. The van der Waals surface area contributed by atoms with E-state index in [2.05, 4.69) is 35.1 Å². The Morgan fingerprint density at radius 3 is 2.62 bits per heavy atom. The molecule has 118 valence electrons. The van der Waals surface area contributed by atoms with E-state index in [9.17, 15) is 4.39 Å². The molecule has 0 heterocycles. The molecule has 1 N–H and O–H groups in total. The van der Waals surface area contributed by atoms with Crippen LogP contribution in [0.25, 0.3) is 0 Å². The predicted molar refractivity (Wildman–Crippen MR) is 88.1 cm³/mol. The average molecular weight is 358 g/mol. The van der Waals surface area contributed by atoms with Crippen molar-refractivity contribution >= 4 is 15.9 Å². The Labute approximate surface area is 135 Å². The SMILES string of the molecule is CCNC(Cc1ccc(F)cc1Br)C1(OCC)CCCC1. The summed E-state index contributed by atoms with van der Waals surface area (Å²) in [6.07, 6.45) is 5.53. The molecule has 2 nitrogen and oxygen atoms in total. The van der Waals surface area contributed by atoms with Crippen LogP contribution in [-0.2, 0) is 11.2 Å². The van der Waals surface area contributed by atoms with E-state index in [1.54, 1.807) is 6.07 Å². The van der Waals surface area contributed by atoms with Gasteiger partial charge in [0.1, 0.15) is 5.82 Å². The number of rotatable bonds is 7. The van der Waals surface area contributed by atoms with Crippen LogP contribution in [0.3, 0.4) is 0 Å². The number of nitrogens with one attached hydrogen (secondary N) is 1. The van der Waals surface area contributed by atoms with Crippen molar-refractivity contribution in [2.24, 2.45) is 0 Å². The van der Waals surface area contributed by atoms with Gasteiger partial charge in [-0.05, 0) is 50.4 Å². The molecule has 1 aliphatic rings. The molecule has 0 radical (unpaired) electrons. The van der Waals surface area contributed by atoms with Gasteiger partial charge in [0, 0.05) is 17.1 Å². The zero-order valence-electron chi connectivity index (χ0n) is 12.9. The molecule has 1 aromatic rings. The maximum Gasteiger partial charge on any atom is 0.124 e. The molecule has 0 saturated heterocycles. The van der Waals surface area contributed by atoms with Gasteiger partial charge in [0.15, 0.2) is 0 Å². The lowest BCUT2D eigenvalue weighted by atomic mass is 9.87. The lowest BCUT2D eigenvalue weighted by molar-refractivity contribution is -0.0609. The van der Waals surface area contributed by atoms with E-state index in [0.717, 1.165) is 42.5 Å². The molecule has 1 fully saturated rings. The van der Waals surface area contributed by atoms with Crippen LogP contribution in [0.1, 0.15) is 45.1 Å². The molecule has 4 heteroatoms. The predicted octanol–water partition coefficient (Wildman–Crippen LogP) is 4.46. The second-order valence-corrected chi connectivity index (χ2v) is 6.61. The molecule has 21 heavy (non-hydrogen) atoms. The van der Waals surface area contributed by atoms with Crippen molar-refractivity contribution in [2.45, 2.75) is 57.6 Å². The topological polar surface area (TPSA) is 21.3 Å². The zero-order chi connectivity index (χ0) is 15.3. The van der Waals surface area contributed by atoms with E-state index in [1.807, 2.05) is 6.07 Å². The van der Waals surface area contributed by atoms with Gasteiger partial charge in [-0.3, -0.25) is 0 Å². The number of benzene rings is 1. The fraction of sp³-hybridized carbons (Fsp3) is 0.647. The quantitative estimate of drug-likeness (QED) is 0.777. The molecule has 0 amide bonds. The average Bonchev–Trinajstić information content (AvgIpc) is 2.91. The van der Waals surface area contributed by atoms with Crippen LogP contribution < -0.4 is 5.32 Å². The molecular weight excluding hydrogens is 333 g/mol. The molecule has 1 aromatic carbocycles. The van der Waals surface area contributed by atoms with Gasteiger partial charge >= 0.3 is 0 Å². The van der Waals surface area contributed by atoms with E-state index in [0.29, 0.717) is 0 Å². The summed E-state index contributed by atoms with van der Waals surface area (Å²) >= 11 is 3.48. The molecule has 2 rings (SSSR count). The Bertz CT molecular complexity index is 460. The summed E-state index contributed by atoms with van der Waals surface area (Å²) in [6, 6.07) is 5.22. The molecular formula is C17H25BrFNO. The minimum Gasteiger partial charge on any atom is -0.374 e. The first kappa shape index (κ1) is 16.9. The normalized spacial score (nSPS) is 18.9. The van der Waals surface area contributed by atoms with Crippen LogP contribution >= 0.6 is 15.9 Å². The van der Waals surface area contributed by atoms with E-state index < -0.39 is 0 Å².